The molecule has 0 saturated heterocycles. The lowest BCUT2D eigenvalue weighted by Crippen LogP contribution is -2.52. The van der Waals surface area contributed by atoms with E-state index in [4.69, 9.17) is 5.73 Å². The summed E-state index contributed by atoms with van der Waals surface area (Å²) < 4.78 is 0.320. The average Bonchev–Trinajstić information content (AvgIpc) is 2.38. The summed E-state index contributed by atoms with van der Waals surface area (Å²) in [6.45, 7) is 1.33. The maximum absolute atomic E-state index is 12.5. The standard InChI is InChI=1S/C14H26N2OS/c1-18-14(8-5-9-14)11-16-12(17)13(10-15)6-3-2-4-7-13/h2-11,15H2,1H3,(H,16,17). The minimum atomic E-state index is -0.262. The number of hydrogen-bond acceptors (Lipinski definition) is 3. The molecule has 1 amide bonds. The maximum Gasteiger partial charge on any atom is 0.227 e. The molecule has 4 heteroatoms. The van der Waals surface area contributed by atoms with Crippen molar-refractivity contribution in [2.75, 3.05) is 19.3 Å². The molecule has 0 atom stereocenters. The lowest BCUT2D eigenvalue weighted by Gasteiger charge is -2.42. The zero-order valence-electron chi connectivity index (χ0n) is 11.5. The monoisotopic (exact) mass is 270 g/mol. The van der Waals surface area contributed by atoms with Crippen LogP contribution in [-0.4, -0.2) is 30.0 Å². The fourth-order valence-electron chi connectivity index (χ4n) is 3.21. The first-order valence-corrected chi connectivity index (χ1v) is 8.42. The molecule has 0 heterocycles. The van der Waals surface area contributed by atoms with Crippen LogP contribution in [-0.2, 0) is 4.79 Å². The van der Waals surface area contributed by atoms with E-state index >= 15 is 0 Å². The molecule has 2 aliphatic rings. The topological polar surface area (TPSA) is 55.1 Å². The van der Waals surface area contributed by atoms with Gasteiger partial charge in [-0.15, -0.1) is 0 Å². The van der Waals surface area contributed by atoms with Crippen molar-refractivity contribution < 1.29 is 4.79 Å². The zero-order valence-corrected chi connectivity index (χ0v) is 12.3. The Kier molecular flexibility index (Phi) is 4.59. The summed E-state index contributed by atoms with van der Waals surface area (Å²) in [4.78, 5) is 12.5. The van der Waals surface area contributed by atoms with Crippen LogP contribution >= 0.6 is 11.8 Å². The van der Waals surface area contributed by atoms with E-state index in [-0.39, 0.29) is 11.3 Å². The van der Waals surface area contributed by atoms with Crippen LogP contribution in [0.1, 0.15) is 51.4 Å². The number of amides is 1. The minimum Gasteiger partial charge on any atom is -0.354 e. The van der Waals surface area contributed by atoms with Gasteiger partial charge in [0.15, 0.2) is 0 Å². The van der Waals surface area contributed by atoms with Crippen molar-refractivity contribution in [1.29, 1.82) is 0 Å². The molecule has 0 spiro atoms. The lowest BCUT2D eigenvalue weighted by atomic mass is 9.73. The fraction of sp³-hybridized carbons (Fsp3) is 0.929. The van der Waals surface area contributed by atoms with Gasteiger partial charge in [-0.2, -0.15) is 11.8 Å². The Hall–Kier alpha value is -0.220. The zero-order chi connectivity index (χ0) is 13.1. The third-order valence-corrected chi connectivity index (χ3v) is 6.37. The fourth-order valence-corrected chi connectivity index (χ4v) is 4.12. The Labute approximate surface area is 115 Å². The van der Waals surface area contributed by atoms with Gasteiger partial charge < -0.3 is 11.1 Å². The Morgan fingerprint density at radius 1 is 1.17 bits per heavy atom. The lowest BCUT2D eigenvalue weighted by molar-refractivity contribution is -0.132. The summed E-state index contributed by atoms with van der Waals surface area (Å²) >= 11 is 1.91. The Morgan fingerprint density at radius 2 is 1.83 bits per heavy atom. The molecule has 2 saturated carbocycles. The molecule has 2 fully saturated rings. The molecule has 0 aliphatic heterocycles. The number of hydrogen-bond donors (Lipinski definition) is 2. The van der Waals surface area contributed by atoms with Crippen LogP contribution in [0.2, 0.25) is 0 Å². The van der Waals surface area contributed by atoms with Crippen LogP contribution < -0.4 is 11.1 Å². The van der Waals surface area contributed by atoms with E-state index < -0.39 is 0 Å². The van der Waals surface area contributed by atoms with E-state index in [0.717, 1.165) is 32.2 Å². The minimum absolute atomic E-state index is 0.213. The Balaban J connectivity index is 1.89. The van der Waals surface area contributed by atoms with Gasteiger partial charge in [-0.25, -0.2) is 0 Å². The summed E-state index contributed by atoms with van der Waals surface area (Å²) in [5.41, 5.74) is 5.63. The smallest absolute Gasteiger partial charge is 0.227 e. The van der Waals surface area contributed by atoms with Crippen LogP contribution in [0.4, 0.5) is 0 Å². The third kappa shape index (κ3) is 2.69. The highest BCUT2D eigenvalue weighted by Crippen LogP contribution is 2.42. The first-order chi connectivity index (χ1) is 8.66. The molecular weight excluding hydrogens is 244 g/mol. The Bertz CT molecular complexity index is 291. The summed E-state index contributed by atoms with van der Waals surface area (Å²) in [6.07, 6.45) is 11.4. The van der Waals surface area contributed by atoms with Crippen molar-refractivity contribution in [3.05, 3.63) is 0 Å². The predicted octanol–water partition coefficient (Wildman–Crippen LogP) is 2.30. The van der Waals surface area contributed by atoms with Gasteiger partial charge in [0, 0.05) is 17.8 Å². The van der Waals surface area contributed by atoms with E-state index in [9.17, 15) is 4.79 Å². The molecule has 18 heavy (non-hydrogen) atoms. The molecule has 2 rings (SSSR count). The van der Waals surface area contributed by atoms with E-state index in [1.54, 1.807) is 0 Å². The van der Waals surface area contributed by atoms with Crippen LogP contribution in [0.5, 0.6) is 0 Å². The van der Waals surface area contributed by atoms with Gasteiger partial charge in [0.1, 0.15) is 0 Å². The van der Waals surface area contributed by atoms with Crippen molar-refractivity contribution in [3.63, 3.8) is 0 Å². The second-order valence-corrected chi connectivity index (χ2v) is 7.24. The van der Waals surface area contributed by atoms with Gasteiger partial charge in [0.05, 0.1) is 5.41 Å². The highest BCUT2D eigenvalue weighted by molar-refractivity contribution is 8.00. The predicted molar refractivity (Wildman–Crippen MR) is 77.7 cm³/mol. The molecule has 0 aromatic heterocycles. The molecular formula is C14H26N2OS. The summed E-state index contributed by atoms with van der Waals surface area (Å²) in [7, 11) is 0. The van der Waals surface area contributed by atoms with Crippen molar-refractivity contribution in [3.8, 4) is 0 Å². The summed E-state index contributed by atoms with van der Waals surface area (Å²) in [5, 5.41) is 3.20. The number of thioether (sulfide) groups is 1. The van der Waals surface area contributed by atoms with Gasteiger partial charge in [-0.05, 0) is 31.9 Å². The van der Waals surface area contributed by atoms with Gasteiger partial charge in [-0.3, -0.25) is 4.79 Å². The van der Waals surface area contributed by atoms with Crippen LogP contribution in [0, 0.1) is 5.41 Å². The second kappa shape index (κ2) is 5.83. The van der Waals surface area contributed by atoms with Crippen LogP contribution in [0.15, 0.2) is 0 Å². The quantitative estimate of drug-likeness (QED) is 0.806. The molecule has 3 nitrogen and oxygen atoms in total. The van der Waals surface area contributed by atoms with Gasteiger partial charge in [-0.1, -0.05) is 25.7 Å². The molecule has 0 aromatic rings. The molecule has 2 aliphatic carbocycles. The van der Waals surface area contributed by atoms with Gasteiger partial charge >= 0.3 is 0 Å². The second-order valence-electron chi connectivity index (χ2n) is 5.97. The summed E-state index contributed by atoms with van der Waals surface area (Å²) in [5.74, 6) is 0.213. The molecule has 0 radical (unpaired) electrons. The Morgan fingerprint density at radius 3 is 2.28 bits per heavy atom. The summed E-state index contributed by atoms with van der Waals surface area (Å²) in [6, 6.07) is 0. The van der Waals surface area contributed by atoms with Gasteiger partial charge in [0.25, 0.3) is 0 Å². The first kappa shape index (κ1) is 14.2. The molecule has 0 bridgehead atoms. The molecule has 0 unspecified atom stereocenters. The van der Waals surface area contributed by atoms with Gasteiger partial charge in [0.2, 0.25) is 5.91 Å². The van der Waals surface area contributed by atoms with Crippen molar-refractivity contribution in [2.24, 2.45) is 11.1 Å². The number of carbonyl (C=O) groups excluding carboxylic acids is 1. The van der Waals surface area contributed by atoms with Crippen LogP contribution in [0.25, 0.3) is 0 Å². The average molecular weight is 270 g/mol. The van der Waals surface area contributed by atoms with E-state index in [0.29, 0.717) is 11.3 Å². The van der Waals surface area contributed by atoms with E-state index in [2.05, 4.69) is 11.6 Å². The normalized spacial score (nSPS) is 25.2. The maximum atomic E-state index is 12.5. The number of carbonyl (C=O) groups is 1. The van der Waals surface area contributed by atoms with E-state index in [1.807, 2.05) is 11.8 Å². The third-order valence-electron chi connectivity index (χ3n) is 4.95. The van der Waals surface area contributed by atoms with E-state index in [1.165, 1.54) is 25.7 Å². The molecule has 0 aromatic carbocycles. The van der Waals surface area contributed by atoms with Crippen LogP contribution in [0.3, 0.4) is 0 Å². The van der Waals surface area contributed by atoms with Crippen molar-refractivity contribution in [1.82, 2.24) is 5.32 Å². The number of rotatable bonds is 5. The number of nitrogens with two attached hydrogens (primary N) is 1. The molecule has 104 valence electrons. The largest absolute Gasteiger partial charge is 0.354 e. The van der Waals surface area contributed by atoms with Crippen molar-refractivity contribution in [2.45, 2.75) is 56.1 Å². The van der Waals surface area contributed by atoms with Crippen molar-refractivity contribution >= 4 is 17.7 Å². The SMILES string of the molecule is CSC1(CNC(=O)C2(CN)CCCCC2)CCC1. The number of nitrogens with one attached hydrogen (secondary N) is 1. The highest BCUT2D eigenvalue weighted by Gasteiger charge is 2.41. The molecule has 3 N–H and O–H groups in total. The highest BCUT2D eigenvalue weighted by atomic mass is 32.2. The first-order valence-electron chi connectivity index (χ1n) is 7.20.